The second kappa shape index (κ2) is 7.00. The minimum atomic E-state index is 0.204. The standard InChI is InChI=1S/C18H19N3O/c1-14-20-21-18(22-14)13-19-17(16-10-6-3-7-11-16)12-15-8-4-2-5-9-15/h2-11,17,19H,12-13H2,1H3. The molecule has 0 aliphatic rings. The van der Waals surface area contributed by atoms with Crippen molar-refractivity contribution in [3.8, 4) is 0 Å². The van der Waals surface area contributed by atoms with Crippen LogP contribution in [0.3, 0.4) is 0 Å². The van der Waals surface area contributed by atoms with Gasteiger partial charge in [0.05, 0.1) is 6.54 Å². The predicted molar refractivity (Wildman–Crippen MR) is 85.2 cm³/mol. The number of nitrogens with zero attached hydrogens (tertiary/aromatic N) is 2. The summed E-state index contributed by atoms with van der Waals surface area (Å²) >= 11 is 0. The molecule has 0 saturated heterocycles. The lowest BCUT2D eigenvalue weighted by atomic mass is 9.99. The molecule has 1 heterocycles. The van der Waals surface area contributed by atoms with Gasteiger partial charge in [0, 0.05) is 13.0 Å². The van der Waals surface area contributed by atoms with Gasteiger partial charge in [0.25, 0.3) is 0 Å². The molecule has 1 N–H and O–H groups in total. The fourth-order valence-electron chi connectivity index (χ4n) is 2.46. The van der Waals surface area contributed by atoms with Crippen molar-refractivity contribution >= 4 is 0 Å². The Kier molecular flexibility index (Phi) is 4.61. The summed E-state index contributed by atoms with van der Waals surface area (Å²) < 4.78 is 5.44. The molecule has 112 valence electrons. The zero-order chi connectivity index (χ0) is 15.2. The highest BCUT2D eigenvalue weighted by molar-refractivity contribution is 5.23. The minimum Gasteiger partial charge on any atom is -0.424 e. The number of aromatic nitrogens is 2. The van der Waals surface area contributed by atoms with E-state index in [-0.39, 0.29) is 6.04 Å². The SMILES string of the molecule is Cc1nnc(CNC(Cc2ccccc2)c2ccccc2)o1. The number of benzene rings is 2. The molecule has 0 spiro atoms. The third-order valence-corrected chi connectivity index (χ3v) is 3.55. The van der Waals surface area contributed by atoms with Crippen LogP contribution in [-0.2, 0) is 13.0 Å². The molecule has 22 heavy (non-hydrogen) atoms. The van der Waals surface area contributed by atoms with Gasteiger partial charge < -0.3 is 9.73 Å². The first-order valence-electron chi connectivity index (χ1n) is 7.42. The smallest absolute Gasteiger partial charge is 0.230 e. The molecule has 0 saturated carbocycles. The van der Waals surface area contributed by atoms with Crippen molar-refractivity contribution in [2.45, 2.75) is 25.9 Å². The summed E-state index contributed by atoms with van der Waals surface area (Å²) in [4.78, 5) is 0. The summed E-state index contributed by atoms with van der Waals surface area (Å²) in [6, 6.07) is 21.1. The minimum absolute atomic E-state index is 0.204. The van der Waals surface area contributed by atoms with Gasteiger partial charge in [0.1, 0.15) is 0 Å². The van der Waals surface area contributed by atoms with Crippen molar-refractivity contribution in [1.29, 1.82) is 0 Å². The molecule has 0 aliphatic heterocycles. The molecule has 0 aliphatic carbocycles. The molecule has 1 atom stereocenters. The molecule has 0 bridgehead atoms. The normalized spacial score (nSPS) is 12.2. The molecule has 2 aromatic carbocycles. The van der Waals surface area contributed by atoms with E-state index in [1.807, 2.05) is 12.1 Å². The van der Waals surface area contributed by atoms with Crippen molar-refractivity contribution in [3.63, 3.8) is 0 Å². The largest absolute Gasteiger partial charge is 0.424 e. The highest BCUT2D eigenvalue weighted by atomic mass is 16.4. The van der Waals surface area contributed by atoms with Crippen LogP contribution in [0.2, 0.25) is 0 Å². The lowest BCUT2D eigenvalue weighted by Crippen LogP contribution is -2.23. The second-order valence-electron chi connectivity index (χ2n) is 5.25. The average molecular weight is 293 g/mol. The molecule has 0 radical (unpaired) electrons. The van der Waals surface area contributed by atoms with Crippen LogP contribution in [0.5, 0.6) is 0 Å². The van der Waals surface area contributed by atoms with Crippen molar-refractivity contribution in [1.82, 2.24) is 15.5 Å². The van der Waals surface area contributed by atoms with Crippen LogP contribution in [0.25, 0.3) is 0 Å². The number of hydrogen-bond acceptors (Lipinski definition) is 4. The van der Waals surface area contributed by atoms with Gasteiger partial charge >= 0.3 is 0 Å². The van der Waals surface area contributed by atoms with E-state index in [1.54, 1.807) is 6.92 Å². The maximum Gasteiger partial charge on any atom is 0.230 e. The fourth-order valence-corrected chi connectivity index (χ4v) is 2.46. The number of rotatable bonds is 6. The second-order valence-corrected chi connectivity index (χ2v) is 5.25. The monoisotopic (exact) mass is 293 g/mol. The Morgan fingerprint density at radius 3 is 2.27 bits per heavy atom. The highest BCUT2D eigenvalue weighted by Crippen LogP contribution is 2.19. The van der Waals surface area contributed by atoms with E-state index in [9.17, 15) is 0 Å². The summed E-state index contributed by atoms with van der Waals surface area (Å²) in [5.41, 5.74) is 2.55. The van der Waals surface area contributed by atoms with Gasteiger partial charge in [-0.05, 0) is 17.5 Å². The number of aryl methyl sites for hydroxylation is 1. The van der Waals surface area contributed by atoms with Gasteiger partial charge in [-0.25, -0.2) is 0 Å². The predicted octanol–water partition coefficient (Wildman–Crippen LogP) is 3.45. The quantitative estimate of drug-likeness (QED) is 0.756. The Labute approximate surface area is 130 Å². The van der Waals surface area contributed by atoms with Gasteiger partial charge in [-0.15, -0.1) is 10.2 Å². The topological polar surface area (TPSA) is 51.0 Å². The van der Waals surface area contributed by atoms with E-state index < -0.39 is 0 Å². The first-order chi connectivity index (χ1) is 10.8. The van der Waals surface area contributed by atoms with E-state index in [0.717, 1.165) is 6.42 Å². The average Bonchev–Trinajstić information content (AvgIpc) is 2.99. The zero-order valence-electron chi connectivity index (χ0n) is 12.6. The van der Waals surface area contributed by atoms with Gasteiger partial charge in [-0.1, -0.05) is 60.7 Å². The molecule has 4 nitrogen and oxygen atoms in total. The van der Waals surface area contributed by atoms with Gasteiger partial charge in [0.15, 0.2) is 0 Å². The highest BCUT2D eigenvalue weighted by Gasteiger charge is 2.13. The lowest BCUT2D eigenvalue weighted by Gasteiger charge is -2.18. The van der Waals surface area contributed by atoms with Crippen molar-refractivity contribution < 1.29 is 4.42 Å². The molecular formula is C18H19N3O. The van der Waals surface area contributed by atoms with E-state index in [1.165, 1.54) is 11.1 Å². The van der Waals surface area contributed by atoms with Crippen molar-refractivity contribution in [2.75, 3.05) is 0 Å². The first-order valence-corrected chi connectivity index (χ1v) is 7.42. The lowest BCUT2D eigenvalue weighted by molar-refractivity contribution is 0.421. The van der Waals surface area contributed by atoms with Crippen LogP contribution in [0.1, 0.15) is 29.0 Å². The Morgan fingerprint density at radius 1 is 0.955 bits per heavy atom. The molecule has 3 rings (SSSR count). The Balaban J connectivity index is 1.74. The Hall–Kier alpha value is -2.46. The maximum atomic E-state index is 5.44. The molecule has 0 amide bonds. The maximum absolute atomic E-state index is 5.44. The molecular weight excluding hydrogens is 274 g/mol. The Morgan fingerprint density at radius 2 is 1.64 bits per heavy atom. The van der Waals surface area contributed by atoms with E-state index in [0.29, 0.717) is 18.3 Å². The van der Waals surface area contributed by atoms with E-state index in [4.69, 9.17) is 4.42 Å². The third-order valence-electron chi connectivity index (χ3n) is 3.55. The summed E-state index contributed by atoms with van der Waals surface area (Å²) in [6.07, 6.45) is 0.915. The number of nitrogens with one attached hydrogen (secondary N) is 1. The van der Waals surface area contributed by atoms with Gasteiger partial charge in [-0.3, -0.25) is 0 Å². The molecule has 1 unspecified atom stereocenters. The van der Waals surface area contributed by atoms with Crippen LogP contribution in [0, 0.1) is 6.92 Å². The summed E-state index contributed by atoms with van der Waals surface area (Å²) in [5, 5.41) is 11.4. The van der Waals surface area contributed by atoms with Crippen LogP contribution in [0.4, 0.5) is 0 Å². The van der Waals surface area contributed by atoms with Crippen molar-refractivity contribution in [3.05, 3.63) is 83.6 Å². The molecule has 0 fully saturated rings. The van der Waals surface area contributed by atoms with Crippen LogP contribution in [-0.4, -0.2) is 10.2 Å². The molecule has 1 aromatic heterocycles. The number of hydrogen-bond donors (Lipinski definition) is 1. The van der Waals surface area contributed by atoms with Crippen molar-refractivity contribution in [2.24, 2.45) is 0 Å². The Bertz CT molecular complexity index is 695. The zero-order valence-corrected chi connectivity index (χ0v) is 12.6. The summed E-state index contributed by atoms with van der Waals surface area (Å²) in [6.45, 7) is 2.36. The van der Waals surface area contributed by atoms with Crippen LogP contribution in [0.15, 0.2) is 65.1 Å². The third kappa shape index (κ3) is 3.80. The summed E-state index contributed by atoms with van der Waals surface area (Å²) in [7, 11) is 0. The van der Waals surface area contributed by atoms with E-state index >= 15 is 0 Å². The van der Waals surface area contributed by atoms with Gasteiger partial charge in [-0.2, -0.15) is 0 Å². The van der Waals surface area contributed by atoms with Gasteiger partial charge in [0.2, 0.25) is 11.8 Å². The van der Waals surface area contributed by atoms with Crippen LogP contribution >= 0.6 is 0 Å². The van der Waals surface area contributed by atoms with Crippen LogP contribution < -0.4 is 5.32 Å². The first kappa shape index (κ1) is 14.5. The summed E-state index contributed by atoms with van der Waals surface area (Å²) in [5.74, 6) is 1.21. The molecule has 4 heteroatoms. The van der Waals surface area contributed by atoms with E-state index in [2.05, 4.69) is 64.0 Å². The molecule has 3 aromatic rings. The fraction of sp³-hybridized carbons (Fsp3) is 0.222.